The number of nitrogens with zero attached hydrogens (tertiary/aromatic N) is 1. The normalized spacial score (nSPS) is 13.2. The second-order valence-electron chi connectivity index (χ2n) is 5.78. The van der Waals surface area contributed by atoms with Gasteiger partial charge in [0.2, 0.25) is 0 Å². The fraction of sp³-hybridized carbons (Fsp3) is 0.0556. The van der Waals surface area contributed by atoms with E-state index >= 15 is 0 Å². The molecule has 118 valence electrons. The van der Waals surface area contributed by atoms with Gasteiger partial charge in [0, 0.05) is 10.9 Å². The number of carbonyl (C=O) groups excluding carboxylic acids is 3. The van der Waals surface area contributed by atoms with Crippen LogP contribution in [0.5, 0.6) is 0 Å². The van der Waals surface area contributed by atoms with E-state index in [1.807, 2.05) is 19.1 Å². The van der Waals surface area contributed by atoms with Crippen molar-refractivity contribution in [2.75, 3.05) is 0 Å². The van der Waals surface area contributed by atoms with Crippen LogP contribution in [0.1, 0.15) is 42.2 Å². The molecule has 0 saturated heterocycles. The molecule has 0 saturated carbocycles. The maximum Gasteiger partial charge on any atom is 0.259 e. The minimum atomic E-state index is -0.510. The highest BCUT2D eigenvalue weighted by Crippen LogP contribution is 2.28. The number of aromatic nitrogens is 1. The third kappa shape index (κ3) is 1.93. The van der Waals surface area contributed by atoms with Gasteiger partial charge in [-0.05, 0) is 19.1 Å². The molecule has 0 fully saturated rings. The van der Waals surface area contributed by atoms with Crippen LogP contribution in [0, 0.1) is 6.92 Å². The Morgan fingerprint density at radius 3 is 2.33 bits per heavy atom. The van der Waals surface area contributed by atoms with E-state index in [1.165, 1.54) is 18.3 Å². The summed E-state index contributed by atoms with van der Waals surface area (Å²) in [5, 5.41) is 12.7. The molecular weight excluding hydrogens is 308 g/mol. The second kappa shape index (κ2) is 4.79. The summed E-state index contributed by atoms with van der Waals surface area (Å²) >= 11 is 0. The minimum Gasteiger partial charge on any atom is -0.428 e. The lowest BCUT2D eigenvalue weighted by molar-refractivity contribution is 0.0878. The summed E-state index contributed by atoms with van der Waals surface area (Å²) in [5.74, 6) is -1.28. The smallest absolute Gasteiger partial charge is 0.259 e. The molecule has 0 radical (unpaired) electrons. The third-order valence-electron chi connectivity index (χ3n) is 4.20. The fourth-order valence-corrected chi connectivity index (χ4v) is 2.91. The lowest BCUT2D eigenvalue weighted by Gasteiger charge is -2.01. The van der Waals surface area contributed by atoms with Crippen molar-refractivity contribution in [1.29, 1.82) is 0 Å². The van der Waals surface area contributed by atoms with Gasteiger partial charge in [-0.3, -0.25) is 19.7 Å². The van der Waals surface area contributed by atoms with Gasteiger partial charge in [0.25, 0.3) is 11.8 Å². The lowest BCUT2D eigenvalue weighted by Crippen LogP contribution is -2.19. The summed E-state index contributed by atoms with van der Waals surface area (Å²) in [7, 11) is 0. The number of aryl methyl sites for hydroxylation is 1. The van der Waals surface area contributed by atoms with Gasteiger partial charge in [0.1, 0.15) is 0 Å². The Morgan fingerprint density at radius 2 is 1.67 bits per heavy atom. The molecule has 0 atom stereocenters. The number of fused-ring (bicyclic) bond motifs is 2. The first-order valence-corrected chi connectivity index (χ1v) is 7.31. The number of hydrogen-bond acceptors (Lipinski definition) is 4. The van der Waals surface area contributed by atoms with Crippen LogP contribution in [0.3, 0.4) is 0 Å². The van der Waals surface area contributed by atoms with Crippen LogP contribution in [-0.2, 0) is 0 Å². The van der Waals surface area contributed by atoms with Crippen molar-refractivity contribution >= 4 is 28.5 Å². The molecule has 1 aliphatic heterocycles. The van der Waals surface area contributed by atoms with Crippen LogP contribution in [0.15, 0.2) is 42.6 Å². The zero-order valence-electron chi connectivity index (χ0n) is 12.7. The topological polar surface area (TPSA) is 88.4 Å². The van der Waals surface area contributed by atoms with Gasteiger partial charge in [-0.2, -0.15) is 4.73 Å². The molecule has 6 heteroatoms. The van der Waals surface area contributed by atoms with E-state index in [9.17, 15) is 19.6 Å². The average molecular weight is 320 g/mol. The molecule has 3 aromatic rings. The number of amides is 2. The average Bonchev–Trinajstić information content (AvgIpc) is 3.04. The maximum absolute atomic E-state index is 12.7. The zero-order chi connectivity index (χ0) is 17.0. The van der Waals surface area contributed by atoms with Crippen LogP contribution in [0.4, 0.5) is 0 Å². The van der Waals surface area contributed by atoms with Crippen LogP contribution in [0.2, 0.25) is 0 Å². The SMILES string of the molecule is Cc1ccc(C(=O)c2cn(O)c3cc4c(cc23)C(=O)NC4=O)cc1. The molecule has 0 spiro atoms. The first kappa shape index (κ1) is 14.2. The number of benzene rings is 2. The molecule has 1 aromatic heterocycles. The predicted octanol–water partition coefficient (Wildman–Crippen LogP) is 2.30. The summed E-state index contributed by atoms with van der Waals surface area (Å²) in [5.41, 5.74) is 2.48. The maximum atomic E-state index is 12.7. The van der Waals surface area contributed by atoms with Gasteiger partial charge < -0.3 is 5.21 Å². The Morgan fingerprint density at radius 1 is 1.04 bits per heavy atom. The van der Waals surface area contributed by atoms with Gasteiger partial charge in [-0.25, -0.2) is 0 Å². The Kier molecular flexibility index (Phi) is 2.83. The summed E-state index contributed by atoms with van der Waals surface area (Å²) in [6.07, 6.45) is 1.30. The van der Waals surface area contributed by atoms with E-state index in [0.717, 1.165) is 10.3 Å². The van der Waals surface area contributed by atoms with E-state index < -0.39 is 11.8 Å². The first-order chi connectivity index (χ1) is 11.5. The van der Waals surface area contributed by atoms with Gasteiger partial charge in [-0.15, -0.1) is 0 Å². The van der Waals surface area contributed by atoms with Gasteiger partial charge in [0.15, 0.2) is 5.78 Å². The molecule has 6 nitrogen and oxygen atoms in total. The van der Waals surface area contributed by atoms with Crippen molar-refractivity contribution in [3.05, 3.63) is 70.4 Å². The fourth-order valence-electron chi connectivity index (χ4n) is 2.91. The molecule has 1 aliphatic rings. The third-order valence-corrected chi connectivity index (χ3v) is 4.20. The second-order valence-corrected chi connectivity index (χ2v) is 5.78. The summed E-state index contributed by atoms with van der Waals surface area (Å²) in [6.45, 7) is 1.92. The van der Waals surface area contributed by atoms with Crippen molar-refractivity contribution in [2.24, 2.45) is 0 Å². The molecular formula is C18H12N2O4. The molecule has 0 unspecified atom stereocenters. The van der Waals surface area contributed by atoms with E-state index in [1.54, 1.807) is 12.1 Å². The van der Waals surface area contributed by atoms with E-state index in [4.69, 9.17) is 0 Å². The largest absolute Gasteiger partial charge is 0.428 e. The zero-order valence-corrected chi connectivity index (χ0v) is 12.7. The lowest BCUT2D eigenvalue weighted by atomic mass is 9.99. The van der Waals surface area contributed by atoms with Crippen molar-refractivity contribution < 1.29 is 19.6 Å². The molecule has 2 heterocycles. The highest BCUT2D eigenvalue weighted by atomic mass is 16.5. The Balaban J connectivity index is 1.92. The molecule has 24 heavy (non-hydrogen) atoms. The molecule has 4 rings (SSSR count). The van der Waals surface area contributed by atoms with Gasteiger partial charge in [-0.1, -0.05) is 29.8 Å². The minimum absolute atomic E-state index is 0.190. The van der Waals surface area contributed by atoms with Crippen molar-refractivity contribution in [1.82, 2.24) is 10.0 Å². The summed E-state index contributed by atoms with van der Waals surface area (Å²) in [6, 6.07) is 9.96. The standard InChI is InChI=1S/C18H12N2O4/c1-9-2-4-10(5-3-9)16(21)14-8-20(24)15-7-13-12(6-11(14)15)17(22)19-18(13)23/h2-8,24H,1H3,(H,19,22,23). The number of hydrogen-bond donors (Lipinski definition) is 2. The van der Waals surface area contributed by atoms with Crippen LogP contribution in [-0.4, -0.2) is 27.5 Å². The van der Waals surface area contributed by atoms with E-state index in [-0.39, 0.29) is 22.5 Å². The molecule has 2 aromatic carbocycles. The summed E-state index contributed by atoms with van der Waals surface area (Å²) < 4.78 is 0.799. The van der Waals surface area contributed by atoms with Gasteiger partial charge >= 0.3 is 0 Å². The van der Waals surface area contributed by atoms with Crippen LogP contribution < -0.4 is 5.32 Å². The van der Waals surface area contributed by atoms with Crippen molar-refractivity contribution in [3.63, 3.8) is 0 Å². The Labute approximate surface area is 136 Å². The van der Waals surface area contributed by atoms with Crippen LogP contribution >= 0.6 is 0 Å². The number of nitrogens with one attached hydrogen (secondary N) is 1. The number of rotatable bonds is 2. The van der Waals surface area contributed by atoms with Crippen LogP contribution in [0.25, 0.3) is 10.9 Å². The molecule has 2 amide bonds. The molecule has 0 aliphatic carbocycles. The predicted molar refractivity (Wildman–Crippen MR) is 85.5 cm³/mol. The quantitative estimate of drug-likeness (QED) is 0.431. The van der Waals surface area contributed by atoms with E-state index in [0.29, 0.717) is 16.5 Å². The van der Waals surface area contributed by atoms with Crippen molar-refractivity contribution in [3.8, 4) is 0 Å². The first-order valence-electron chi connectivity index (χ1n) is 7.31. The monoisotopic (exact) mass is 320 g/mol. The molecule has 0 bridgehead atoms. The molecule has 2 N–H and O–H groups in total. The highest BCUT2D eigenvalue weighted by Gasteiger charge is 2.29. The Bertz CT molecular complexity index is 1050. The van der Waals surface area contributed by atoms with Crippen molar-refractivity contribution in [2.45, 2.75) is 6.92 Å². The summed E-state index contributed by atoms with van der Waals surface area (Å²) in [4.78, 5) is 36.3. The number of imide groups is 1. The van der Waals surface area contributed by atoms with E-state index in [2.05, 4.69) is 5.32 Å². The highest BCUT2D eigenvalue weighted by molar-refractivity contribution is 6.24. The number of ketones is 1. The van der Waals surface area contributed by atoms with Gasteiger partial charge in [0.05, 0.1) is 28.4 Å². The Hall–Kier alpha value is -3.41. The number of carbonyl (C=O) groups is 3.